The Labute approximate surface area is 120 Å². The van der Waals surface area contributed by atoms with Crippen LogP contribution in [-0.4, -0.2) is 30.9 Å². The van der Waals surface area contributed by atoms with Crippen molar-refractivity contribution in [3.63, 3.8) is 0 Å². The van der Waals surface area contributed by atoms with Gasteiger partial charge in [-0.05, 0) is 63.5 Å². The fourth-order valence-electron chi connectivity index (χ4n) is 2.58. The number of carbonyl (C=O) groups excluding carboxylic acids is 1. The second kappa shape index (κ2) is 7.06. The van der Waals surface area contributed by atoms with Gasteiger partial charge in [0.15, 0.2) is 0 Å². The number of benzene rings is 1. The lowest BCUT2D eigenvalue weighted by Crippen LogP contribution is -2.30. The number of hydrogen-bond acceptors (Lipinski definition) is 3. The van der Waals surface area contributed by atoms with Crippen molar-refractivity contribution in [2.24, 2.45) is 5.92 Å². The SMILES string of the molecule is CN1CCC(CCC(=O)Nc2cccc(C#N)c2)CC1. The van der Waals surface area contributed by atoms with Gasteiger partial charge in [-0.15, -0.1) is 0 Å². The fourth-order valence-corrected chi connectivity index (χ4v) is 2.58. The molecule has 0 aromatic heterocycles. The molecular weight excluding hydrogens is 250 g/mol. The van der Waals surface area contributed by atoms with E-state index in [9.17, 15) is 4.79 Å². The molecule has 0 saturated carbocycles. The van der Waals surface area contributed by atoms with Crippen molar-refractivity contribution in [1.29, 1.82) is 5.26 Å². The highest BCUT2D eigenvalue weighted by molar-refractivity contribution is 5.90. The van der Waals surface area contributed by atoms with Crippen LogP contribution in [-0.2, 0) is 4.79 Å². The zero-order chi connectivity index (χ0) is 14.4. The maximum Gasteiger partial charge on any atom is 0.224 e. The van der Waals surface area contributed by atoms with Gasteiger partial charge in [-0.3, -0.25) is 4.79 Å². The highest BCUT2D eigenvalue weighted by Crippen LogP contribution is 2.21. The lowest BCUT2D eigenvalue weighted by Gasteiger charge is -2.28. The van der Waals surface area contributed by atoms with Gasteiger partial charge < -0.3 is 10.2 Å². The van der Waals surface area contributed by atoms with Crippen LogP contribution in [0.2, 0.25) is 0 Å². The van der Waals surface area contributed by atoms with E-state index in [2.05, 4.69) is 23.3 Å². The molecule has 4 heteroatoms. The Balaban J connectivity index is 1.76. The van der Waals surface area contributed by atoms with Crippen molar-refractivity contribution in [1.82, 2.24) is 4.90 Å². The first-order chi connectivity index (χ1) is 9.67. The molecule has 0 spiro atoms. The van der Waals surface area contributed by atoms with E-state index >= 15 is 0 Å². The van der Waals surface area contributed by atoms with Crippen LogP contribution in [0.5, 0.6) is 0 Å². The van der Waals surface area contributed by atoms with Crippen molar-refractivity contribution >= 4 is 11.6 Å². The highest BCUT2D eigenvalue weighted by atomic mass is 16.1. The zero-order valence-electron chi connectivity index (χ0n) is 11.9. The van der Waals surface area contributed by atoms with Gasteiger partial charge in [0.05, 0.1) is 11.6 Å². The fraction of sp³-hybridized carbons (Fsp3) is 0.500. The molecule has 1 aromatic carbocycles. The number of nitriles is 1. The van der Waals surface area contributed by atoms with Crippen LogP contribution in [0.3, 0.4) is 0 Å². The minimum atomic E-state index is 0.0408. The molecule has 0 atom stereocenters. The molecule has 20 heavy (non-hydrogen) atoms. The van der Waals surface area contributed by atoms with Gasteiger partial charge in [0.1, 0.15) is 0 Å². The first-order valence-corrected chi connectivity index (χ1v) is 7.16. The predicted molar refractivity (Wildman–Crippen MR) is 79.2 cm³/mol. The normalized spacial score (nSPS) is 16.6. The topological polar surface area (TPSA) is 56.1 Å². The van der Waals surface area contributed by atoms with E-state index in [0.717, 1.165) is 19.5 Å². The third-order valence-corrected chi connectivity index (χ3v) is 3.89. The summed E-state index contributed by atoms with van der Waals surface area (Å²) in [4.78, 5) is 14.3. The van der Waals surface area contributed by atoms with Crippen LogP contribution in [0.25, 0.3) is 0 Å². The van der Waals surface area contributed by atoms with Crippen LogP contribution in [0.1, 0.15) is 31.2 Å². The summed E-state index contributed by atoms with van der Waals surface area (Å²) < 4.78 is 0. The molecule has 0 aliphatic carbocycles. The van der Waals surface area contributed by atoms with Crippen molar-refractivity contribution in [2.75, 3.05) is 25.5 Å². The summed E-state index contributed by atoms with van der Waals surface area (Å²) in [6.45, 7) is 2.27. The van der Waals surface area contributed by atoms with E-state index in [0.29, 0.717) is 23.6 Å². The summed E-state index contributed by atoms with van der Waals surface area (Å²) in [6.07, 6.45) is 3.89. The van der Waals surface area contributed by atoms with Crippen LogP contribution in [0, 0.1) is 17.2 Å². The van der Waals surface area contributed by atoms with Crippen molar-refractivity contribution in [2.45, 2.75) is 25.7 Å². The minimum absolute atomic E-state index is 0.0408. The molecule has 0 unspecified atom stereocenters. The van der Waals surface area contributed by atoms with E-state index in [1.54, 1.807) is 18.2 Å². The van der Waals surface area contributed by atoms with E-state index < -0.39 is 0 Å². The number of carbonyl (C=O) groups is 1. The van der Waals surface area contributed by atoms with E-state index in [1.807, 2.05) is 6.07 Å². The number of piperidine rings is 1. The first kappa shape index (κ1) is 14.5. The lowest BCUT2D eigenvalue weighted by molar-refractivity contribution is -0.116. The van der Waals surface area contributed by atoms with Gasteiger partial charge >= 0.3 is 0 Å². The summed E-state index contributed by atoms with van der Waals surface area (Å²) >= 11 is 0. The quantitative estimate of drug-likeness (QED) is 0.915. The molecule has 0 radical (unpaired) electrons. The van der Waals surface area contributed by atoms with Crippen molar-refractivity contribution < 1.29 is 4.79 Å². The Morgan fingerprint density at radius 3 is 2.90 bits per heavy atom. The molecule has 4 nitrogen and oxygen atoms in total. The molecule has 1 saturated heterocycles. The van der Waals surface area contributed by atoms with E-state index in [-0.39, 0.29) is 5.91 Å². The zero-order valence-corrected chi connectivity index (χ0v) is 11.9. The molecule has 1 heterocycles. The predicted octanol–water partition coefficient (Wildman–Crippen LogP) is 2.62. The molecule has 2 rings (SSSR count). The number of likely N-dealkylation sites (tertiary alicyclic amines) is 1. The molecule has 1 aromatic rings. The summed E-state index contributed by atoms with van der Waals surface area (Å²) in [5.41, 5.74) is 1.27. The van der Waals surface area contributed by atoms with E-state index in [4.69, 9.17) is 5.26 Å². The van der Waals surface area contributed by atoms with Crippen molar-refractivity contribution in [3.05, 3.63) is 29.8 Å². The lowest BCUT2D eigenvalue weighted by atomic mass is 9.92. The summed E-state index contributed by atoms with van der Waals surface area (Å²) in [5.74, 6) is 0.710. The third kappa shape index (κ3) is 4.36. The van der Waals surface area contributed by atoms with E-state index in [1.165, 1.54) is 12.8 Å². The summed E-state index contributed by atoms with van der Waals surface area (Å²) in [5, 5.41) is 11.7. The van der Waals surface area contributed by atoms with Gasteiger partial charge in [-0.1, -0.05) is 6.07 Å². The number of nitrogens with one attached hydrogen (secondary N) is 1. The number of nitrogens with zero attached hydrogens (tertiary/aromatic N) is 2. The molecular formula is C16H21N3O. The molecule has 1 fully saturated rings. The van der Waals surface area contributed by atoms with Gasteiger partial charge in [0.25, 0.3) is 0 Å². The Hall–Kier alpha value is -1.86. The van der Waals surface area contributed by atoms with Crippen LogP contribution in [0.4, 0.5) is 5.69 Å². The Kier molecular flexibility index (Phi) is 5.14. The standard InChI is InChI=1S/C16H21N3O/c1-19-9-7-13(8-10-19)5-6-16(20)18-15-4-2-3-14(11-15)12-17/h2-4,11,13H,5-10H2,1H3,(H,18,20). The molecule has 1 aliphatic rings. The number of amides is 1. The average molecular weight is 271 g/mol. The maximum atomic E-state index is 11.9. The number of anilines is 1. The van der Waals surface area contributed by atoms with Crippen molar-refractivity contribution in [3.8, 4) is 6.07 Å². The summed E-state index contributed by atoms with van der Waals surface area (Å²) in [7, 11) is 2.14. The van der Waals surface area contributed by atoms with Gasteiger partial charge in [-0.25, -0.2) is 0 Å². The first-order valence-electron chi connectivity index (χ1n) is 7.16. The number of rotatable bonds is 4. The molecule has 1 N–H and O–H groups in total. The van der Waals surface area contributed by atoms with Gasteiger partial charge in [-0.2, -0.15) is 5.26 Å². The van der Waals surface area contributed by atoms with Crippen LogP contribution in [0.15, 0.2) is 24.3 Å². The second-order valence-corrected chi connectivity index (χ2v) is 5.53. The highest BCUT2D eigenvalue weighted by Gasteiger charge is 2.17. The molecule has 1 aliphatic heterocycles. The average Bonchev–Trinajstić information content (AvgIpc) is 2.47. The minimum Gasteiger partial charge on any atom is -0.326 e. The molecule has 106 valence electrons. The smallest absolute Gasteiger partial charge is 0.224 e. The summed E-state index contributed by atoms with van der Waals surface area (Å²) in [6, 6.07) is 9.10. The Morgan fingerprint density at radius 1 is 1.45 bits per heavy atom. The van der Waals surface area contributed by atoms with Crippen LogP contribution < -0.4 is 5.32 Å². The second-order valence-electron chi connectivity index (χ2n) is 5.53. The molecule has 0 bridgehead atoms. The van der Waals surface area contributed by atoms with Gasteiger partial charge in [0.2, 0.25) is 5.91 Å². The largest absolute Gasteiger partial charge is 0.326 e. The molecule has 1 amide bonds. The van der Waals surface area contributed by atoms with Crippen LogP contribution >= 0.6 is 0 Å². The maximum absolute atomic E-state index is 11.9. The number of hydrogen-bond donors (Lipinski definition) is 1. The monoisotopic (exact) mass is 271 g/mol. The third-order valence-electron chi connectivity index (χ3n) is 3.89. The van der Waals surface area contributed by atoms with Gasteiger partial charge in [0, 0.05) is 12.1 Å². The Bertz CT molecular complexity index is 499. The Morgan fingerprint density at radius 2 is 2.20 bits per heavy atom.